The van der Waals surface area contributed by atoms with Gasteiger partial charge in [-0.05, 0) is 30.9 Å². The fraction of sp³-hybridized carbons (Fsp3) is 0.571. The first-order chi connectivity index (χ1) is 9.58. The second-order valence-electron chi connectivity index (χ2n) is 5.29. The molecule has 0 bridgehead atoms. The van der Waals surface area contributed by atoms with Crippen molar-refractivity contribution in [1.82, 2.24) is 14.8 Å². The van der Waals surface area contributed by atoms with Gasteiger partial charge in [-0.15, -0.1) is 0 Å². The van der Waals surface area contributed by atoms with E-state index in [-0.39, 0.29) is 12.5 Å². The number of nitrogens with one attached hydrogen (secondary N) is 1. The minimum absolute atomic E-state index is 0.0255. The minimum Gasteiger partial charge on any atom is -0.480 e. The van der Waals surface area contributed by atoms with E-state index in [0.29, 0.717) is 24.7 Å². The molecule has 2 heterocycles. The van der Waals surface area contributed by atoms with Crippen LogP contribution in [0.5, 0.6) is 0 Å². The average molecular weight is 279 g/mol. The van der Waals surface area contributed by atoms with Gasteiger partial charge in [-0.2, -0.15) is 0 Å². The molecule has 1 aromatic heterocycles. The molecule has 1 saturated heterocycles. The second-order valence-corrected chi connectivity index (χ2v) is 5.29. The van der Waals surface area contributed by atoms with E-state index in [1.54, 1.807) is 0 Å². The normalized spacial score (nSPS) is 19.1. The average Bonchev–Trinajstić information content (AvgIpc) is 2.84. The Kier molecular flexibility index (Phi) is 4.79. The molecule has 0 radical (unpaired) electrons. The summed E-state index contributed by atoms with van der Waals surface area (Å²) in [6, 6.07) is 3.69. The Morgan fingerprint density at radius 3 is 2.95 bits per heavy atom. The van der Waals surface area contributed by atoms with E-state index in [4.69, 9.17) is 5.11 Å². The number of carboxylic acids is 1. The third-order valence-electron chi connectivity index (χ3n) is 3.68. The number of hydrogen-bond donors (Lipinski definition) is 2. The number of piperidine rings is 1. The van der Waals surface area contributed by atoms with Crippen molar-refractivity contribution in [3.8, 4) is 0 Å². The van der Waals surface area contributed by atoms with Crippen LogP contribution in [0.25, 0.3) is 0 Å². The molecule has 0 spiro atoms. The molecule has 1 aromatic rings. The molecule has 6 nitrogen and oxygen atoms in total. The molecule has 1 fully saturated rings. The summed E-state index contributed by atoms with van der Waals surface area (Å²) in [5.74, 6) is -0.467. The van der Waals surface area contributed by atoms with Gasteiger partial charge in [0.05, 0.1) is 6.54 Å². The molecule has 0 saturated carbocycles. The van der Waals surface area contributed by atoms with Gasteiger partial charge in [0.15, 0.2) is 0 Å². The van der Waals surface area contributed by atoms with Crippen LogP contribution in [0.1, 0.15) is 23.3 Å². The number of carboxylic acid groups (broad SMARTS) is 1. The summed E-state index contributed by atoms with van der Waals surface area (Å²) in [7, 11) is 1.86. The topological polar surface area (TPSA) is 74.6 Å². The second kappa shape index (κ2) is 6.56. The molecule has 2 rings (SSSR count). The third kappa shape index (κ3) is 3.60. The van der Waals surface area contributed by atoms with E-state index >= 15 is 0 Å². The van der Waals surface area contributed by atoms with Gasteiger partial charge < -0.3 is 19.9 Å². The molecule has 1 aliphatic rings. The third-order valence-corrected chi connectivity index (χ3v) is 3.68. The maximum Gasteiger partial charge on any atom is 0.317 e. The van der Waals surface area contributed by atoms with Crippen LogP contribution in [0.15, 0.2) is 18.3 Å². The number of nitrogens with zero attached hydrogens (tertiary/aromatic N) is 2. The minimum atomic E-state index is -0.849. The molecule has 1 atom stereocenters. The summed E-state index contributed by atoms with van der Waals surface area (Å²) in [6.07, 6.45) is 3.86. The highest BCUT2D eigenvalue weighted by Crippen LogP contribution is 2.18. The number of carbonyl (C=O) groups is 2. The number of aryl methyl sites for hydroxylation is 1. The van der Waals surface area contributed by atoms with Gasteiger partial charge in [0.1, 0.15) is 5.69 Å². The zero-order chi connectivity index (χ0) is 14.5. The molecule has 0 aromatic carbocycles. The Morgan fingerprint density at radius 2 is 2.30 bits per heavy atom. The smallest absolute Gasteiger partial charge is 0.317 e. The number of amides is 1. The monoisotopic (exact) mass is 279 g/mol. The van der Waals surface area contributed by atoms with Crippen molar-refractivity contribution in [2.24, 2.45) is 13.0 Å². The van der Waals surface area contributed by atoms with Crippen molar-refractivity contribution >= 4 is 11.9 Å². The number of hydrogen-bond acceptors (Lipinski definition) is 3. The lowest BCUT2D eigenvalue weighted by atomic mass is 9.97. The molecule has 20 heavy (non-hydrogen) atoms. The first kappa shape index (κ1) is 14.6. The van der Waals surface area contributed by atoms with E-state index in [1.807, 2.05) is 34.8 Å². The van der Waals surface area contributed by atoms with Gasteiger partial charge >= 0.3 is 5.97 Å². The molecule has 1 aliphatic heterocycles. The lowest BCUT2D eigenvalue weighted by molar-refractivity contribution is -0.136. The number of carbonyl (C=O) groups excluding carboxylic acids is 1. The largest absolute Gasteiger partial charge is 0.480 e. The quantitative estimate of drug-likeness (QED) is 0.825. The van der Waals surface area contributed by atoms with Gasteiger partial charge in [-0.3, -0.25) is 9.59 Å². The number of aromatic nitrogens is 1. The van der Waals surface area contributed by atoms with Crippen LogP contribution < -0.4 is 5.32 Å². The molecule has 1 amide bonds. The lowest BCUT2D eigenvalue weighted by Gasteiger charge is -2.33. The zero-order valence-corrected chi connectivity index (χ0v) is 11.7. The Balaban J connectivity index is 1.88. The first-order valence-corrected chi connectivity index (χ1v) is 6.91. The van der Waals surface area contributed by atoms with Crippen molar-refractivity contribution in [2.45, 2.75) is 12.8 Å². The molecule has 1 unspecified atom stereocenters. The van der Waals surface area contributed by atoms with Crippen LogP contribution in [0.4, 0.5) is 0 Å². The number of likely N-dealkylation sites (tertiary alicyclic amines) is 1. The van der Waals surface area contributed by atoms with Crippen molar-refractivity contribution in [3.63, 3.8) is 0 Å². The van der Waals surface area contributed by atoms with Gasteiger partial charge in [-0.1, -0.05) is 0 Å². The predicted molar refractivity (Wildman–Crippen MR) is 74.5 cm³/mol. The zero-order valence-electron chi connectivity index (χ0n) is 11.7. The van der Waals surface area contributed by atoms with Crippen molar-refractivity contribution in [1.29, 1.82) is 0 Å². The summed E-state index contributed by atoms with van der Waals surface area (Å²) >= 11 is 0. The number of rotatable bonds is 5. The van der Waals surface area contributed by atoms with Crippen molar-refractivity contribution in [2.75, 3.05) is 26.2 Å². The van der Waals surface area contributed by atoms with Gasteiger partial charge in [0.2, 0.25) is 0 Å². The predicted octanol–water partition coefficient (Wildman–Crippen LogP) is 0.551. The molecule has 2 N–H and O–H groups in total. The van der Waals surface area contributed by atoms with Crippen LogP contribution in [0.3, 0.4) is 0 Å². The lowest BCUT2D eigenvalue weighted by Crippen LogP contribution is -2.43. The van der Waals surface area contributed by atoms with E-state index in [9.17, 15) is 9.59 Å². The Hall–Kier alpha value is -1.82. The molecule has 6 heteroatoms. The summed E-state index contributed by atoms with van der Waals surface area (Å²) in [4.78, 5) is 24.7. The van der Waals surface area contributed by atoms with E-state index in [1.165, 1.54) is 0 Å². The highest BCUT2D eigenvalue weighted by Gasteiger charge is 2.25. The van der Waals surface area contributed by atoms with Gasteiger partial charge in [0, 0.05) is 32.9 Å². The van der Waals surface area contributed by atoms with E-state index in [0.717, 1.165) is 19.4 Å². The number of aliphatic carboxylic acids is 1. The van der Waals surface area contributed by atoms with Crippen molar-refractivity contribution < 1.29 is 14.7 Å². The molecular weight excluding hydrogens is 258 g/mol. The van der Waals surface area contributed by atoms with E-state index < -0.39 is 5.97 Å². The van der Waals surface area contributed by atoms with Gasteiger partial charge in [0.25, 0.3) is 5.91 Å². The molecule has 0 aliphatic carbocycles. The summed E-state index contributed by atoms with van der Waals surface area (Å²) in [6.45, 7) is 2.08. The van der Waals surface area contributed by atoms with Crippen LogP contribution in [0.2, 0.25) is 0 Å². The highest BCUT2D eigenvalue weighted by atomic mass is 16.4. The van der Waals surface area contributed by atoms with Crippen LogP contribution in [0, 0.1) is 5.92 Å². The summed E-state index contributed by atoms with van der Waals surface area (Å²) in [5, 5.41) is 11.5. The fourth-order valence-electron chi connectivity index (χ4n) is 2.64. The molecule has 110 valence electrons. The first-order valence-electron chi connectivity index (χ1n) is 6.91. The highest BCUT2D eigenvalue weighted by molar-refractivity contribution is 5.92. The van der Waals surface area contributed by atoms with Crippen LogP contribution in [-0.2, 0) is 11.8 Å². The molecular formula is C14H21N3O3. The Bertz CT molecular complexity index is 484. The maximum atomic E-state index is 12.4. The standard InChI is InChI=1S/C14H21N3O3/c1-16-6-3-5-12(16)14(20)17-7-2-4-11(10-17)8-15-9-13(18)19/h3,5-6,11,15H,2,4,7-10H2,1H3,(H,18,19). The Labute approximate surface area is 118 Å². The van der Waals surface area contributed by atoms with Crippen LogP contribution in [-0.4, -0.2) is 52.6 Å². The fourth-order valence-corrected chi connectivity index (χ4v) is 2.64. The SMILES string of the molecule is Cn1cccc1C(=O)N1CCCC(CNCC(=O)O)C1. The summed E-state index contributed by atoms with van der Waals surface area (Å²) < 4.78 is 1.83. The van der Waals surface area contributed by atoms with Crippen LogP contribution >= 0.6 is 0 Å². The van der Waals surface area contributed by atoms with Crippen molar-refractivity contribution in [3.05, 3.63) is 24.0 Å². The van der Waals surface area contributed by atoms with E-state index in [2.05, 4.69) is 5.32 Å². The maximum absolute atomic E-state index is 12.4. The summed E-state index contributed by atoms with van der Waals surface area (Å²) in [5.41, 5.74) is 0.698. The van der Waals surface area contributed by atoms with Gasteiger partial charge in [-0.25, -0.2) is 0 Å². The Morgan fingerprint density at radius 1 is 1.50 bits per heavy atom.